The Morgan fingerprint density at radius 3 is 2.71 bits per heavy atom. The van der Waals surface area contributed by atoms with Crippen LogP contribution in [0.4, 0.5) is 0 Å². The summed E-state index contributed by atoms with van der Waals surface area (Å²) < 4.78 is 5.08. The van der Waals surface area contributed by atoms with Crippen molar-refractivity contribution in [3.05, 3.63) is 10.4 Å². The summed E-state index contributed by atoms with van der Waals surface area (Å²) >= 11 is 0. The molecule has 7 heteroatoms. The molecule has 0 bridgehead atoms. The van der Waals surface area contributed by atoms with Crippen LogP contribution in [0.15, 0.2) is 5.11 Å². The van der Waals surface area contributed by atoms with Gasteiger partial charge in [0.15, 0.2) is 0 Å². The third-order valence-electron chi connectivity index (χ3n) is 2.30. The van der Waals surface area contributed by atoms with Crippen LogP contribution in [-0.4, -0.2) is 53.4 Å². The van der Waals surface area contributed by atoms with E-state index in [0.717, 1.165) is 0 Å². The molecule has 0 radical (unpaired) electrons. The minimum atomic E-state index is -1.13. The van der Waals surface area contributed by atoms with Gasteiger partial charge < -0.3 is 20.1 Å². The summed E-state index contributed by atoms with van der Waals surface area (Å²) in [6.07, 6.45) is -2.91. The molecule has 0 aromatic rings. The molecule has 0 aliphatic carbocycles. The fourth-order valence-electron chi connectivity index (χ4n) is 1.41. The molecule has 0 aromatic carbocycles. The molecule has 1 aliphatic rings. The lowest BCUT2D eigenvalue weighted by molar-refractivity contribution is -0.172. The van der Waals surface area contributed by atoms with E-state index in [1.54, 1.807) is 0 Å². The first kappa shape index (κ1) is 11.2. The van der Waals surface area contributed by atoms with Crippen molar-refractivity contribution in [3.8, 4) is 0 Å². The molecule has 0 amide bonds. The van der Waals surface area contributed by atoms with Crippen LogP contribution in [0.5, 0.6) is 0 Å². The van der Waals surface area contributed by atoms with Crippen molar-refractivity contribution in [2.45, 2.75) is 18.3 Å². The smallest absolute Gasteiger partial charge is 0.109 e. The molecule has 1 saturated heterocycles. The summed E-state index contributed by atoms with van der Waals surface area (Å²) in [6, 6.07) is 0. The molecule has 14 heavy (non-hydrogen) atoms. The van der Waals surface area contributed by atoms with E-state index in [1.807, 2.05) is 0 Å². The van der Waals surface area contributed by atoms with Crippen molar-refractivity contribution < 1.29 is 20.1 Å². The number of azide groups is 1. The summed E-state index contributed by atoms with van der Waals surface area (Å²) in [5, 5.41) is 31.0. The van der Waals surface area contributed by atoms with Gasteiger partial charge in [-0.2, -0.15) is 0 Å². The van der Waals surface area contributed by atoms with Crippen LogP contribution in [0.3, 0.4) is 0 Å². The lowest BCUT2D eigenvalue weighted by atomic mass is 9.93. The first-order valence-corrected chi connectivity index (χ1v) is 4.30. The van der Waals surface area contributed by atoms with Gasteiger partial charge in [-0.1, -0.05) is 5.11 Å². The molecule has 7 nitrogen and oxygen atoms in total. The van der Waals surface area contributed by atoms with E-state index in [4.69, 9.17) is 15.4 Å². The SMILES string of the molecule is [N-]=[N+]=NC[C@@H]1CO[C@H](CO)[C@H](O)[C@@H]1O. The maximum absolute atomic E-state index is 9.54. The van der Waals surface area contributed by atoms with Gasteiger partial charge in [0, 0.05) is 17.4 Å². The summed E-state index contributed by atoms with van der Waals surface area (Å²) in [6.45, 7) is -0.0954. The molecule has 0 unspecified atom stereocenters. The van der Waals surface area contributed by atoms with Gasteiger partial charge in [0.05, 0.1) is 19.3 Å². The zero-order chi connectivity index (χ0) is 10.6. The summed E-state index contributed by atoms with van der Waals surface area (Å²) in [4.78, 5) is 2.56. The molecule has 1 heterocycles. The Bertz CT molecular complexity index is 231. The topological polar surface area (TPSA) is 119 Å². The molecule has 1 aliphatic heterocycles. The average Bonchev–Trinajstić information content (AvgIpc) is 2.20. The fourth-order valence-corrected chi connectivity index (χ4v) is 1.41. The zero-order valence-corrected chi connectivity index (χ0v) is 7.52. The number of nitrogens with zero attached hydrogens (tertiary/aromatic N) is 3. The Morgan fingerprint density at radius 1 is 1.43 bits per heavy atom. The van der Waals surface area contributed by atoms with Gasteiger partial charge in [0.1, 0.15) is 12.2 Å². The van der Waals surface area contributed by atoms with Gasteiger partial charge in [-0.25, -0.2) is 0 Å². The van der Waals surface area contributed by atoms with Crippen molar-refractivity contribution >= 4 is 0 Å². The second-order valence-electron chi connectivity index (χ2n) is 3.21. The van der Waals surface area contributed by atoms with Crippen molar-refractivity contribution in [1.29, 1.82) is 0 Å². The lowest BCUT2D eigenvalue weighted by Gasteiger charge is -2.36. The van der Waals surface area contributed by atoms with Crippen LogP contribution >= 0.6 is 0 Å². The number of aliphatic hydroxyl groups is 3. The average molecular weight is 203 g/mol. The van der Waals surface area contributed by atoms with E-state index in [9.17, 15) is 10.2 Å². The summed E-state index contributed by atoms with van der Waals surface area (Å²) in [5.41, 5.74) is 8.08. The Hall–Kier alpha value is -0.850. The van der Waals surface area contributed by atoms with Gasteiger partial charge in [-0.3, -0.25) is 0 Å². The van der Waals surface area contributed by atoms with Gasteiger partial charge in [0.2, 0.25) is 0 Å². The Kier molecular flexibility index (Phi) is 4.12. The molecular formula is C7H13N3O4. The molecule has 1 rings (SSSR count). The van der Waals surface area contributed by atoms with Crippen molar-refractivity contribution in [2.75, 3.05) is 19.8 Å². The number of aliphatic hydroxyl groups excluding tert-OH is 3. The molecule has 80 valence electrons. The van der Waals surface area contributed by atoms with Crippen LogP contribution in [0.2, 0.25) is 0 Å². The van der Waals surface area contributed by atoms with Crippen molar-refractivity contribution in [1.82, 2.24) is 0 Å². The third kappa shape index (κ3) is 2.34. The molecule has 0 aromatic heterocycles. The highest BCUT2D eigenvalue weighted by atomic mass is 16.5. The first-order chi connectivity index (χ1) is 6.70. The maximum atomic E-state index is 9.54. The second-order valence-corrected chi connectivity index (χ2v) is 3.21. The van der Waals surface area contributed by atoms with Crippen LogP contribution in [-0.2, 0) is 4.74 Å². The minimum Gasteiger partial charge on any atom is -0.394 e. The van der Waals surface area contributed by atoms with E-state index in [1.165, 1.54) is 0 Å². The zero-order valence-electron chi connectivity index (χ0n) is 7.52. The van der Waals surface area contributed by atoms with Crippen LogP contribution < -0.4 is 0 Å². The van der Waals surface area contributed by atoms with E-state index < -0.39 is 24.2 Å². The fraction of sp³-hybridized carbons (Fsp3) is 1.00. The Labute approximate surface area is 80.6 Å². The number of hydrogen-bond acceptors (Lipinski definition) is 5. The molecule has 1 fully saturated rings. The molecule has 4 atom stereocenters. The largest absolute Gasteiger partial charge is 0.394 e. The molecular weight excluding hydrogens is 190 g/mol. The van der Waals surface area contributed by atoms with Gasteiger partial charge in [0.25, 0.3) is 0 Å². The third-order valence-corrected chi connectivity index (χ3v) is 2.30. The quantitative estimate of drug-likeness (QED) is 0.310. The van der Waals surface area contributed by atoms with Crippen molar-refractivity contribution in [3.63, 3.8) is 0 Å². The molecule has 0 saturated carbocycles. The van der Waals surface area contributed by atoms with E-state index >= 15 is 0 Å². The monoisotopic (exact) mass is 203 g/mol. The highest BCUT2D eigenvalue weighted by molar-refractivity contribution is 4.87. The van der Waals surface area contributed by atoms with Gasteiger partial charge in [-0.05, 0) is 5.53 Å². The van der Waals surface area contributed by atoms with Gasteiger partial charge in [-0.15, -0.1) is 0 Å². The van der Waals surface area contributed by atoms with E-state index in [0.29, 0.717) is 0 Å². The normalized spacial score (nSPS) is 37.6. The lowest BCUT2D eigenvalue weighted by Crippen LogP contribution is -2.52. The van der Waals surface area contributed by atoms with Crippen LogP contribution in [0, 0.1) is 5.92 Å². The Morgan fingerprint density at radius 2 is 2.14 bits per heavy atom. The molecule has 3 N–H and O–H groups in total. The predicted molar refractivity (Wildman–Crippen MR) is 46.3 cm³/mol. The second kappa shape index (κ2) is 5.14. The highest BCUT2D eigenvalue weighted by Crippen LogP contribution is 2.20. The van der Waals surface area contributed by atoms with Crippen LogP contribution in [0.25, 0.3) is 10.4 Å². The first-order valence-electron chi connectivity index (χ1n) is 4.30. The minimum absolute atomic E-state index is 0.0763. The van der Waals surface area contributed by atoms with Gasteiger partial charge >= 0.3 is 0 Å². The number of rotatable bonds is 3. The molecule has 0 spiro atoms. The standard InChI is InChI=1S/C7H13N3O4/c8-10-9-1-4-3-14-5(2-11)7(13)6(4)12/h4-7,11-13H,1-3H2/t4-,5-,6-,7+/m1/s1. The number of ether oxygens (including phenoxy) is 1. The summed E-state index contributed by atoms with van der Waals surface area (Å²) in [5.74, 6) is -0.413. The maximum Gasteiger partial charge on any atom is 0.109 e. The van der Waals surface area contributed by atoms with E-state index in [2.05, 4.69) is 10.0 Å². The number of hydrogen-bond donors (Lipinski definition) is 3. The van der Waals surface area contributed by atoms with Crippen LogP contribution in [0.1, 0.15) is 0 Å². The highest BCUT2D eigenvalue weighted by Gasteiger charge is 2.37. The predicted octanol–water partition coefficient (Wildman–Crippen LogP) is -0.974. The van der Waals surface area contributed by atoms with E-state index in [-0.39, 0.29) is 19.8 Å². The summed E-state index contributed by atoms with van der Waals surface area (Å²) in [7, 11) is 0. The van der Waals surface area contributed by atoms with Crippen molar-refractivity contribution in [2.24, 2.45) is 11.0 Å². The Balaban J connectivity index is 2.54.